The zero-order valence-electron chi connectivity index (χ0n) is 14.3. The lowest BCUT2D eigenvalue weighted by Crippen LogP contribution is -2.41. The van der Waals surface area contributed by atoms with Crippen LogP contribution in [0.25, 0.3) is 0 Å². The summed E-state index contributed by atoms with van der Waals surface area (Å²) >= 11 is 0. The van der Waals surface area contributed by atoms with E-state index in [2.05, 4.69) is 10.3 Å². The van der Waals surface area contributed by atoms with E-state index in [0.29, 0.717) is 5.92 Å². The highest BCUT2D eigenvalue weighted by molar-refractivity contribution is 7.89. The van der Waals surface area contributed by atoms with Crippen molar-refractivity contribution < 1.29 is 18.3 Å². The lowest BCUT2D eigenvalue weighted by Gasteiger charge is -2.22. The Labute approximate surface area is 153 Å². The minimum absolute atomic E-state index is 0.0113. The van der Waals surface area contributed by atoms with Gasteiger partial charge in [-0.3, -0.25) is 10.2 Å². The molecular weight excluding hydrogens is 352 g/mol. The summed E-state index contributed by atoms with van der Waals surface area (Å²) in [5, 5.41) is 9.64. The van der Waals surface area contributed by atoms with E-state index in [-0.39, 0.29) is 16.2 Å². The molecule has 1 aliphatic carbocycles. The first-order chi connectivity index (χ1) is 12.5. The Kier molecular flexibility index (Phi) is 5.58. The van der Waals surface area contributed by atoms with Crippen molar-refractivity contribution in [1.82, 2.24) is 10.3 Å². The molecular formula is C19H22N2O4S. The van der Waals surface area contributed by atoms with Crippen LogP contribution in [0, 0.1) is 0 Å². The lowest BCUT2D eigenvalue weighted by atomic mass is 9.84. The second-order valence-corrected chi connectivity index (χ2v) is 8.16. The molecule has 0 aromatic heterocycles. The highest BCUT2D eigenvalue weighted by Crippen LogP contribution is 2.32. The first-order valence-corrected chi connectivity index (χ1v) is 10.2. The van der Waals surface area contributed by atoms with E-state index in [0.717, 1.165) is 18.4 Å². The number of hydrazine groups is 1. The summed E-state index contributed by atoms with van der Waals surface area (Å²) in [6.07, 6.45) is 5.97. The molecule has 0 saturated heterocycles. The summed E-state index contributed by atoms with van der Waals surface area (Å²) in [7, 11) is -3.89. The summed E-state index contributed by atoms with van der Waals surface area (Å²) in [6, 6.07) is 12.7. The average Bonchev–Trinajstić information content (AvgIpc) is 2.67. The van der Waals surface area contributed by atoms with E-state index in [1.54, 1.807) is 24.3 Å². The van der Waals surface area contributed by atoms with Gasteiger partial charge in [0.2, 0.25) is 0 Å². The third kappa shape index (κ3) is 4.23. The standard InChI is InChI=1S/C19H22N2O4S/c22-18-9-5-4-8-17(18)19(23)20-21-26(24,25)16-12-10-15(11-13-16)14-6-2-1-3-7-14/h4-5,8-14,21-22H,1-3,6-7H2,(H,20,23). The molecule has 3 N–H and O–H groups in total. The van der Waals surface area contributed by atoms with Gasteiger partial charge in [-0.05, 0) is 48.6 Å². The van der Waals surface area contributed by atoms with Crippen LogP contribution in [-0.4, -0.2) is 19.4 Å². The second kappa shape index (κ2) is 7.88. The average molecular weight is 374 g/mol. The highest BCUT2D eigenvalue weighted by Gasteiger charge is 2.19. The third-order valence-corrected chi connectivity index (χ3v) is 5.98. The molecule has 138 valence electrons. The smallest absolute Gasteiger partial charge is 0.269 e. The first kappa shape index (κ1) is 18.4. The van der Waals surface area contributed by atoms with E-state index < -0.39 is 15.9 Å². The van der Waals surface area contributed by atoms with Crippen molar-refractivity contribution >= 4 is 15.9 Å². The largest absolute Gasteiger partial charge is 0.507 e. The van der Waals surface area contributed by atoms with Crippen LogP contribution in [0.4, 0.5) is 0 Å². The molecule has 2 aromatic carbocycles. The van der Waals surface area contributed by atoms with E-state index in [9.17, 15) is 18.3 Å². The number of phenols is 1. The molecule has 26 heavy (non-hydrogen) atoms. The third-order valence-electron chi connectivity index (χ3n) is 4.71. The number of rotatable bonds is 5. The van der Waals surface area contributed by atoms with Crippen molar-refractivity contribution in [3.05, 3.63) is 59.7 Å². The van der Waals surface area contributed by atoms with Gasteiger partial charge in [0, 0.05) is 0 Å². The van der Waals surface area contributed by atoms with Gasteiger partial charge in [-0.1, -0.05) is 43.5 Å². The maximum Gasteiger partial charge on any atom is 0.269 e. The Morgan fingerprint density at radius 3 is 2.27 bits per heavy atom. The molecule has 0 bridgehead atoms. The number of aromatic hydroxyl groups is 1. The monoisotopic (exact) mass is 374 g/mol. The van der Waals surface area contributed by atoms with Gasteiger partial charge in [0.15, 0.2) is 0 Å². The molecule has 3 rings (SSSR count). The van der Waals surface area contributed by atoms with Crippen molar-refractivity contribution in [2.75, 3.05) is 0 Å². The predicted molar refractivity (Wildman–Crippen MR) is 98.2 cm³/mol. The minimum Gasteiger partial charge on any atom is -0.507 e. The Balaban J connectivity index is 1.66. The Hall–Kier alpha value is -2.38. The maximum absolute atomic E-state index is 12.4. The molecule has 0 heterocycles. The fourth-order valence-corrected chi connectivity index (χ4v) is 4.10. The van der Waals surface area contributed by atoms with Crippen molar-refractivity contribution in [3.8, 4) is 5.75 Å². The normalized spacial score (nSPS) is 15.5. The number of nitrogens with one attached hydrogen (secondary N) is 2. The zero-order valence-corrected chi connectivity index (χ0v) is 15.1. The molecule has 0 spiro atoms. The lowest BCUT2D eigenvalue weighted by molar-refractivity contribution is 0.0942. The molecule has 1 fully saturated rings. The summed E-state index contributed by atoms with van der Waals surface area (Å²) in [6.45, 7) is 0. The number of hydrogen-bond donors (Lipinski definition) is 3. The number of carbonyl (C=O) groups excluding carboxylic acids is 1. The Bertz CT molecular complexity index is 873. The molecule has 2 aromatic rings. The Morgan fingerprint density at radius 2 is 1.62 bits per heavy atom. The molecule has 0 radical (unpaired) electrons. The van der Waals surface area contributed by atoms with Gasteiger partial charge in [0.05, 0.1) is 10.5 Å². The summed E-state index contributed by atoms with van der Waals surface area (Å²) < 4.78 is 24.7. The quantitative estimate of drug-likeness (QED) is 0.701. The van der Waals surface area contributed by atoms with Crippen LogP contribution in [-0.2, 0) is 10.0 Å². The van der Waals surface area contributed by atoms with Gasteiger partial charge in [0.1, 0.15) is 5.75 Å². The van der Waals surface area contributed by atoms with E-state index >= 15 is 0 Å². The van der Waals surface area contributed by atoms with Crippen LogP contribution < -0.4 is 10.3 Å². The fourth-order valence-electron chi connectivity index (χ4n) is 3.26. The second-order valence-electron chi connectivity index (χ2n) is 6.48. The molecule has 6 nitrogen and oxygen atoms in total. The van der Waals surface area contributed by atoms with Gasteiger partial charge < -0.3 is 5.11 Å². The van der Waals surface area contributed by atoms with Crippen molar-refractivity contribution in [2.24, 2.45) is 0 Å². The number of sulfonamides is 1. The molecule has 1 amide bonds. The topological polar surface area (TPSA) is 95.5 Å². The first-order valence-electron chi connectivity index (χ1n) is 8.67. The SMILES string of the molecule is O=C(NNS(=O)(=O)c1ccc(C2CCCCC2)cc1)c1ccccc1O. The number of hydrogen-bond acceptors (Lipinski definition) is 4. The van der Waals surface area contributed by atoms with E-state index in [4.69, 9.17) is 0 Å². The molecule has 0 aliphatic heterocycles. The summed E-state index contributed by atoms with van der Waals surface area (Å²) in [5.41, 5.74) is 3.26. The number of carbonyl (C=O) groups is 1. The van der Waals surface area contributed by atoms with Crippen LogP contribution in [0.3, 0.4) is 0 Å². The molecule has 7 heteroatoms. The van der Waals surface area contributed by atoms with Crippen LogP contribution in [0.5, 0.6) is 5.75 Å². The molecule has 0 unspecified atom stereocenters. The predicted octanol–water partition coefficient (Wildman–Crippen LogP) is 3.06. The Morgan fingerprint density at radius 1 is 0.962 bits per heavy atom. The minimum atomic E-state index is -3.89. The van der Waals surface area contributed by atoms with Gasteiger partial charge >= 0.3 is 0 Å². The van der Waals surface area contributed by atoms with Crippen LogP contribution in [0.1, 0.15) is 53.9 Å². The number of amides is 1. The zero-order chi connectivity index (χ0) is 18.6. The molecule has 1 saturated carbocycles. The number of benzene rings is 2. The van der Waals surface area contributed by atoms with Crippen molar-refractivity contribution in [2.45, 2.75) is 42.9 Å². The fraction of sp³-hybridized carbons (Fsp3) is 0.316. The molecule has 1 aliphatic rings. The summed E-state index contributed by atoms with van der Waals surface area (Å²) in [4.78, 5) is 14.1. The van der Waals surface area contributed by atoms with Gasteiger partial charge in [0.25, 0.3) is 15.9 Å². The van der Waals surface area contributed by atoms with Crippen molar-refractivity contribution in [1.29, 1.82) is 0 Å². The highest BCUT2D eigenvalue weighted by atomic mass is 32.2. The van der Waals surface area contributed by atoms with Crippen LogP contribution >= 0.6 is 0 Å². The molecule has 0 atom stereocenters. The van der Waals surface area contributed by atoms with Gasteiger partial charge in [-0.2, -0.15) is 0 Å². The van der Waals surface area contributed by atoms with Gasteiger partial charge in [-0.25, -0.2) is 8.42 Å². The van der Waals surface area contributed by atoms with Crippen LogP contribution in [0.15, 0.2) is 53.4 Å². The van der Waals surface area contributed by atoms with Crippen molar-refractivity contribution in [3.63, 3.8) is 0 Å². The summed E-state index contributed by atoms with van der Waals surface area (Å²) in [5.74, 6) is -0.458. The van der Waals surface area contributed by atoms with E-state index in [1.165, 1.54) is 31.4 Å². The maximum atomic E-state index is 12.4. The van der Waals surface area contributed by atoms with E-state index in [1.807, 2.05) is 12.1 Å². The number of para-hydroxylation sites is 1. The van der Waals surface area contributed by atoms with Crippen LogP contribution in [0.2, 0.25) is 0 Å². The van der Waals surface area contributed by atoms with Gasteiger partial charge in [-0.15, -0.1) is 4.83 Å². The number of phenolic OH excluding ortho intramolecular Hbond substituents is 1.